The smallest absolute Gasteiger partial charge is 0.151 e. The molecule has 10 heavy (non-hydrogen) atoms. The minimum Gasteiger partial charge on any atom is -0.367 e. The average molecular weight is 142 g/mol. The normalized spacial score (nSPS) is 40.0. The van der Waals surface area contributed by atoms with Crippen LogP contribution in [0.1, 0.15) is 26.7 Å². The molecule has 0 radical (unpaired) electrons. The maximum absolute atomic E-state index is 10.6. The van der Waals surface area contributed by atoms with Crippen LogP contribution in [0.2, 0.25) is 0 Å². The van der Waals surface area contributed by atoms with Gasteiger partial charge in [0.25, 0.3) is 0 Å². The highest BCUT2D eigenvalue weighted by Crippen LogP contribution is 2.30. The molecular formula is C8H14O2. The van der Waals surface area contributed by atoms with Crippen LogP contribution in [0.15, 0.2) is 0 Å². The molecule has 0 aromatic rings. The van der Waals surface area contributed by atoms with Gasteiger partial charge in [-0.3, -0.25) is 0 Å². The van der Waals surface area contributed by atoms with Gasteiger partial charge < -0.3 is 9.53 Å². The Hall–Kier alpha value is -0.370. The van der Waals surface area contributed by atoms with Gasteiger partial charge in [-0.15, -0.1) is 0 Å². The van der Waals surface area contributed by atoms with Crippen LogP contribution in [0.3, 0.4) is 0 Å². The van der Waals surface area contributed by atoms with Crippen molar-refractivity contribution in [1.29, 1.82) is 0 Å². The zero-order valence-electron chi connectivity index (χ0n) is 6.59. The summed E-state index contributed by atoms with van der Waals surface area (Å²) in [6.45, 7) is 4.85. The minimum atomic E-state index is -0.431. The SMILES string of the molecule is CCC1(C=O)CC(C)CO1. The van der Waals surface area contributed by atoms with Gasteiger partial charge in [0, 0.05) is 0 Å². The highest BCUT2D eigenvalue weighted by molar-refractivity contribution is 5.62. The molecule has 2 atom stereocenters. The molecule has 0 aromatic carbocycles. The minimum absolute atomic E-state index is 0.431. The van der Waals surface area contributed by atoms with E-state index in [1.54, 1.807) is 0 Å². The van der Waals surface area contributed by atoms with E-state index < -0.39 is 5.60 Å². The summed E-state index contributed by atoms with van der Waals surface area (Å²) < 4.78 is 5.38. The quantitative estimate of drug-likeness (QED) is 0.544. The van der Waals surface area contributed by atoms with E-state index in [2.05, 4.69) is 6.92 Å². The number of carbonyl (C=O) groups excluding carboxylic acids is 1. The molecule has 1 fully saturated rings. The van der Waals surface area contributed by atoms with E-state index >= 15 is 0 Å². The Morgan fingerprint density at radius 3 is 2.70 bits per heavy atom. The molecule has 1 heterocycles. The van der Waals surface area contributed by atoms with Crippen molar-refractivity contribution in [2.75, 3.05) is 6.61 Å². The first-order chi connectivity index (χ1) is 4.72. The van der Waals surface area contributed by atoms with Crippen LogP contribution < -0.4 is 0 Å². The Balaban J connectivity index is 2.59. The maximum Gasteiger partial charge on any atom is 0.151 e. The first-order valence-corrected chi connectivity index (χ1v) is 3.83. The van der Waals surface area contributed by atoms with Gasteiger partial charge >= 0.3 is 0 Å². The molecule has 0 aliphatic carbocycles. The molecule has 0 spiro atoms. The fraction of sp³-hybridized carbons (Fsp3) is 0.875. The van der Waals surface area contributed by atoms with Crippen molar-refractivity contribution in [2.24, 2.45) is 5.92 Å². The number of rotatable bonds is 2. The molecule has 2 nitrogen and oxygen atoms in total. The Labute approximate surface area is 61.6 Å². The zero-order valence-corrected chi connectivity index (χ0v) is 6.59. The van der Waals surface area contributed by atoms with Gasteiger partial charge in [0.2, 0.25) is 0 Å². The van der Waals surface area contributed by atoms with Crippen LogP contribution in [-0.2, 0) is 9.53 Å². The van der Waals surface area contributed by atoms with Gasteiger partial charge in [-0.1, -0.05) is 13.8 Å². The fourth-order valence-electron chi connectivity index (χ4n) is 1.43. The Kier molecular flexibility index (Phi) is 2.09. The largest absolute Gasteiger partial charge is 0.367 e. The summed E-state index contributed by atoms with van der Waals surface area (Å²) in [6, 6.07) is 0. The van der Waals surface area contributed by atoms with Gasteiger partial charge in [-0.2, -0.15) is 0 Å². The summed E-state index contributed by atoms with van der Waals surface area (Å²) in [5.41, 5.74) is -0.431. The molecule has 1 saturated heterocycles. The summed E-state index contributed by atoms with van der Waals surface area (Å²) in [5, 5.41) is 0. The van der Waals surface area contributed by atoms with E-state index in [1.165, 1.54) is 0 Å². The van der Waals surface area contributed by atoms with E-state index in [9.17, 15) is 4.79 Å². The third-order valence-corrected chi connectivity index (χ3v) is 2.16. The van der Waals surface area contributed by atoms with Crippen molar-refractivity contribution in [3.8, 4) is 0 Å². The van der Waals surface area contributed by atoms with Gasteiger partial charge in [0.15, 0.2) is 6.29 Å². The van der Waals surface area contributed by atoms with Crippen LogP contribution in [0.25, 0.3) is 0 Å². The molecule has 1 aliphatic heterocycles. The molecule has 1 aliphatic rings. The van der Waals surface area contributed by atoms with E-state index in [0.717, 1.165) is 25.7 Å². The molecule has 1 rings (SSSR count). The number of aldehydes is 1. The Morgan fingerprint density at radius 1 is 1.80 bits per heavy atom. The molecule has 0 amide bonds. The third-order valence-electron chi connectivity index (χ3n) is 2.16. The monoisotopic (exact) mass is 142 g/mol. The van der Waals surface area contributed by atoms with E-state index in [4.69, 9.17) is 4.74 Å². The van der Waals surface area contributed by atoms with E-state index in [0.29, 0.717) is 5.92 Å². The van der Waals surface area contributed by atoms with E-state index in [-0.39, 0.29) is 0 Å². The number of hydrogen-bond donors (Lipinski definition) is 0. The second kappa shape index (κ2) is 2.70. The molecule has 2 unspecified atom stereocenters. The lowest BCUT2D eigenvalue weighted by molar-refractivity contribution is -0.125. The van der Waals surface area contributed by atoms with Crippen molar-refractivity contribution in [1.82, 2.24) is 0 Å². The summed E-state index contributed by atoms with van der Waals surface area (Å²) in [4.78, 5) is 10.6. The van der Waals surface area contributed by atoms with Crippen molar-refractivity contribution in [3.63, 3.8) is 0 Å². The van der Waals surface area contributed by atoms with Crippen molar-refractivity contribution in [3.05, 3.63) is 0 Å². The molecule has 2 heteroatoms. The van der Waals surface area contributed by atoms with Gasteiger partial charge in [-0.25, -0.2) is 0 Å². The Morgan fingerprint density at radius 2 is 2.50 bits per heavy atom. The summed E-state index contributed by atoms with van der Waals surface area (Å²) in [6.07, 6.45) is 2.66. The van der Waals surface area contributed by atoms with Crippen LogP contribution in [0.5, 0.6) is 0 Å². The molecular weight excluding hydrogens is 128 g/mol. The van der Waals surface area contributed by atoms with Gasteiger partial charge in [-0.05, 0) is 18.8 Å². The van der Waals surface area contributed by atoms with Crippen LogP contribution in [-0.4, -0.2) is 18.5 Å². The summed E-state index contributed by atoms with van der Waals surface area (Å²) in [7, 11) is 0. The second-order valence-electron chi connectivity index (χ2n) is 3.16. The Bertz CT molecular complexity index is 133. The highest BCUT2D eigenvalue weighted by Gasteiger charge is 2.36. The maximum atomic E-state index is 10.6. The topological polar surface area (TPSA) is 26.3 Å². The highest BCUT2D eigenvalue weighted by atomic mass is 16.5. The first kappa shape index (κ1) is 7.73. The standard InChI is InChI=1S/C8H14O2/c1-3-8(6-9)4-7(2)5-10-8/h6-7H,3-5H2,1-2H3. The molecule has 0 saturated carbocycles. The molecule has 0 N–H and O–H groups in total. The average Bonchev–Trinajstić information content (AvgIpc) is 2.33. The van der Waals surface area contributed by atoms with Crippen LogP contribution >= 0.6 is 0 Å². The van der Waals surface area contributed by atoms with Gasteiger partial charge in [0.05, 0.1) is 6.61 Å². The fourth-order valence-corrected chi connectivity index (χ4v) is 1.43. The lowest BCUT2D eigenvalue weighted by Crippen LogP contribution is -2.28. The zero-order chi connectivity index (χ0) is 7.61. The molecule has 58 valence electrons. The number of hydrogen-bond acceptors (Lipinski definition) is 2. The van der Waals surface area contributed by atoms with Crippen LogP contribution in [0.4, 0.5) is 0 Å². The predicted molar refractivity (Wildman–Crippen MR) is 38.8 cm³/mol. The van der Waals surface area contributed by atoms with Crippen LogP contribution in [0, 0.1) is 5.92 Å². The molecule has 0 aromatic heterocycles. The predicted octanol–water partition coefficient (Wildman–Crippen LogP) is 1.39. The van der Waals surface area contributed by atoms with E-state index in [1.807, 2.05) is 6.92 Å². The van der Waals surface area contributed by atoms with Gasteiger partial charge in [0.1, 0.15) is 5.60 Å². The second-order valence-corrected chi connectivity index (χ2v) is 3.16. The summed E-state index contributed by atoms with van der Waals surface area (Å²) in [5.74, 6) is 0.546. The number of carbonyl (C=O) groups is 1. The molecule has 0 bridgehead atoms. The third kappa shape index (κ3) is 1.21. The van der Waals surface area contributed by atoms with Crippen molar-refractivity contribution < 1.29 is 9.53 Å². The number of ether oxygens (including phenoxy) is 1. The lowest BCUT2D eigenvalue weighted by Gasteiger charge is -2.18. The first-order valence-electron chi connectivity index (χ1n) is 3.83. The summed E-state index contributed by atoms with van der Waals surface area (Å²) >= 11 is 0. The van der Waals surface area contributed by atoms with Crippen molar-refractivity contribution in [2.45, 2.75) is 32.3 Å². The van der Waals surface area contributed by atoms with Crippen molar-refractivity contribution >= 4 is 6.29 Å². The lowest BCUT2D eigenvalue weighted by atomic mass is 9.94.